The van der Waals surface area contributed by atoms with Gasteiger partial charge in [0, 0.05) is 7.05 Å². The third-order valence-electron chi connectivity index (χ3n) is 3.98. The number of halogens is 1. The third-order valence-corrected chi connectivity index (χ3v) is 4.41. The largest absolute Gasteiger partial charge is 0.444 e. The van der Waals surface area contributed by atoms with Gasteiger partial charge in [-0.25, -0.2) is 0 Å². The number of carbonyl (C=O) groups excluding carboxylic acids is 2. The molecule has 1 aromatic carbocycles. The second-order valence-electron chi connectivity index (χ2n) is 5.62. The number of hydrogen-bond donors (Lipinski definition) is 1. The zero-order valence-electron chi connectivity index (χ0n) is 12.7. The number of furan rings is 1. The molecule has 120 valence electrons. The monoisotopic (exact) mass is 376 g/mol. The van der Waals surface area contributed by atoms with Crippen molar-refractivity contribution in [1.29, 1.82) is 0 Å². The first-order chi connectivity index (χ1) is 11.0. The molecule has 5 nitrogen and oxygen atoms in total. The van der Waals surface area contributed by atoms with Gasteiger partial charge >= 0.3 is 0 Å². The molecule has 1 aliphatic carbocycles. The van der Waals surface area contributed by atoms with E-state index in [-0.39, 0.29) is 30.2 Å². The topological polar surface area (TPSA) is 62.6 Å². The van der Waals surface area contributed by atoms with Gasteiger partial charge in [0.1, 0.15) is 0 Å². The number of likely N-dealkylation sites (N-methyl/N-ethyl adjacent to an activating group) is 1. The Morgan fingerprint density at radius 1 is 1.30 bits per heavy atom. The molecule has 0 saturated heterocycles. The van der Waals surface area contributed by atoms with Gasteiger partial charge < -0.3 is 14.6 Å². The summed E-state index contributed by atoms with van der Waals surface area (Å²) in [5, 5.41) is 3.00. The van der Waals surface area contributed by atoms with Crippen LogP contribution in [0.1, 0.15) is 34.1 Å². The number of fused-ring (bicyclic) bond motifs is 1. The van der Waals surface area contributed by atoms with Crippen LogP contribution in [0, 0.1) is 0 Å². The van der Waals surface area contributed by atoms with Gasteiger partial charge in [-0.2, -0.15) is 0 Å². The van der Waals surface area contributed by atoms with Gasteiger partial charge in [-0.05, 0) is 52.0 Å². The lowest BCUT2D eigenvalue weighted by Crippen LogP contribution is -2.39. The van der Waals surface area contributed by atoms with Crippen molar-refractivity contribution in [1.82, 2.24) is 10.2 Å². The zero-order valence-corrected chi connectivity index (χ0v) is 14.3. The van der Waals surface area contributed by atoms with Gasteiger partial charge in [0.05, 0.1) is 12.6 Å². The van der Waals surface area contributed by atoms with E-state index in [1.165, 1.54) is 16.0 Å². The normalized spacial score (nSPS) is 16.0. The molecule has 1 aromatic heterocycles. The van der Waals surface area contributed by atoms with Gasteiger partial charge in [-0.15, -0.1) is 0 Å². The molecule has 0 aliphatic heterocycles. The average Bonchev–Trinajstić information content (AvgIpc) is 3.13. The van der Waals surface area contributed by atoms with Gasteiger partial charge in [0.15, 0.2) is 10.4 Å². The Balaban J connectivity index is 1.58. The molecule has 1 aliphatic rings. The van der Waals surface area contributed by atoms with Crippen molar-refractivity contribution in [2.24, 2.45) is 0 Å². The average molecular weight is 377 g/mol. The lowest BCUT2D eigenvalue weighted by molar-refractivity contribution is -0.122. The van der Waals surface area contributed by atoms with Crippen LogP contribution in [0.25, 0.3) is 0 Å². The van der Waals surface area contributed by atoms with Crippen molar-refractivity contribution < 1.29 is 14.0 Å². The van der Waals surface area contributed by atoms with Crippen LogP contribution in [-0.4, -0.2) is 30.3 Å². The third kappa shape index (κ3) is 3.47. The van der Waals surface area contributed by atoms with E-state index in [0.717, 1.165) is 12.8 Å². The summed E-state index contributed by atoms with van der Waals surface area (Å²) in [6.45, 7) is -0.00415. The Labute approximate surface area is 142 Å². The van der Waals surface area contributed by atoms with Crippen molar-refractivity contribution in [3.8, 4) is 0 Å². The molecule has 1 N–H and O–H groups in total. The van der Waals surface area contributed by atoms with Crippen LogP contribution in [0.5, 0.6) is 0 Å². The summed E-state index contributed by atoms with van der Waals surface area (Å²) in [5.74, 6) is -0.288. The van der Waals surface area contributed by atoms with Gasteiger partial charge in [-0.3, -0.25) is 9.59 Å². The Hall–Kier alpha value is -2.08. The number of carbonyl (C=O) groups is 2. The van der Waals surface area contributed by atoms with Crippen LogP contribution < -0.4 is 5.32 Å². The first-order valence-electron chi connectivity index (χ1n) is 7.42. The highest BCUT2D eigenvalue weighted by Gasteiger charge is 2.25. The molecule has 1 unspecified atom stereocenters. The van der Waals surface area contributed by atoms with Crippen molar-refractivity contribution >= 4 is 27.7 Å². The first kappa shape index (κ1) is 15.8. The maximum absolute atomic E-state index is 12.2. The Morgan fingerprint density at radius 3 is 2.83 bits per heavy atom. The van der Waals surface area contributed by atoms with Crippen LogP contribution in [0.4, 0.5) is 0 Å². The Kier molecular flexibility index (Phi) is 4.52. The Bertz CT molecular complexity index is 741. The second-order valence-corrected chi connectivity index (χ2v) is 6.40. The molecule has 2 amide bonds. The highest BCUT2D eigenvalue weighted by atomic mass is 79.9. The molecule has 0 bridgehead atoms. The highest BCUT2D eigenvalue weighted by Crippen LogP contribution is 2.30. The van der Waals surface area contributed by atoms with Gasteiger partial charge in [0.25, 0.3) is 5.91 Å². The van der Waals surface area contributed by atoms with E-state index >= 15 is 0 Å². The second kappa shape index (κ2) is 6.58. The van der Waals surface area contributed by atoms with E-state index in [0.29, 0.717) is 4.67 Å². The van der Waals surface area contributed by atoms with Gasteiger partial charge in [0.2, 0.25) is 5.91 Å². The fraction of sp³-hybridized carbons (Fsp3) is 0.294. The molecule has 0 radical (unpaired) electrons. The number of nitrogens with zero attached hydrogens (tertiary/aromatic N) is 1. The molecule has 1 atom stereocenters. The molecule has 23 heavy (non-hydrogen) atoms. The molecule has 0 fully saturated rings. The maximum atomic E-state index is 12.2. The van der Waals surface area contributed by atoms with E-state index < -0.39 is 0 Å². The van der Waals surface area contributed by atoms with Crippen molar-refractivity contribution in [3.05, 3.63) is 58.0 Å². The number of aryl methyl sites for hydroxylation is 1. The van der Waals surface area contributed by atoms with E-state index in [1.54, 1.807) is 19.2 Å². The van der Waals surface area contributed by atoms with Crippen LogP contribution in [-0.2, 0) is 11.2 Å². The summed E-state index contributed by atoms with van der Waals surface area (Å²) in [6, 6.07) is 11.4. The molecule has 0 spiro atoms. The van der Waals surface area contributed by atoms with Crippen LogP contribution in [0.3, 0.4) is 0 Å². The minimum absolute atomic E-state index is 0.00415. The number of rotatable bonds is 4. The van der Waals surface area contributed by atoms with Crippen LogP contribution in [0.15, 0.2) is 45.5 Å². The van der Waals surface area contributed by atoms with Crippen molar-refractivity contribution in [2.75, 3.05) is 13.6 Å². The predicted octanol–water partition coefficient (Wildman–Crippen LogP) is 2.92. The number of amides is 2. The molecule has 3 rings (SSSR count). The van der Waals surface area contributed by atoms with E-state index in [9.17, 15) is 9.59 Å². The highest BCUT2D eigenvalue weighted by molar-refractivity contribution is 9.10. The molecule has 2 aromatic rings. The van der Waals surface area contributed by atoms with Crippen molar-refractivity contribution in [3.63, 3.8) is 0 Å². The van der Waals surface area contributed by atoms with E-state index in [4.69, 9.17) is 4.42 Å². The van der Waals surface area contributed by atoms with Crippen LogP contribution >= 0.6 is 15.9 Å². The van der Waals surface area contributed by atoms with Gasteiger partial charge in [-0.1, -0.05) is 24.3 Å². The SMILES string of the molecule is CN(CC(=O)NC1CCc2ccccc21)C(=O)c1ccc(Br)o1. The minimum atomic E-state index is -0.322. The summed E-state index contributed by atoms with van der Waals surface area (Å²) < 4.78 is 5.71. The minimum Gasteiger partial charge on any atom is -0.444 e. The molecule has 1 heterocycles. The molecule has 0 saturated carbocycles. The number of nitrogens with one attached hydrogen (secondary N) is 1. The summed E-state index contributed by atoms with van der Waals surface area (Å²) >= 11 is 3.16. The standard InChI is InChI=1S/C17H17BrN2O3/c1-20(17(22)14-8-9-15(18)23-14)10-16(21)19-13-7-6-11-4-2-3-5-12(11)13/h2-5,8-9,13H,6-7,10H2,1H3,(H,19,21). The molecular formula is C17H17BrN2O3. The fourth-order valence-electron chi connectivity index (χ4n) is 2.85. The number of hydrogen-bond acceptors (Lipinski definition) is 3. The molecular weight excluding hydrogens is 360 g/mol. The summed E-state index contributed by atoms with van der Waals surface area (Å²) in [4.78, 5) is 25.7. The van der Waals surface area contributed by atoms with Crippen LogP contribution in [0.2, 0.25) is 0 Å². The lowest BCUT2D eigenvalue weighted by atomic mass is 10.1. The van der Waals surface area contributed by atoms with E-state index in [1.807, 2.05) is 18.2 Å². The summed E-state index contributed by atoms with van der Waals surface area (Å²) in [7, 11) is 1.58. The zero-order chi connectivity index (χ0) is 16.4. The Morgan fingerprint density at radius 2 is 2.09 bits per heavy atom. The fourth-order valence-corrected chi connectivity index (χ4v) is 3.16. The summed E-state index contributed by atoms with van der Waals surface area (Å²) in [6.07, 6.45) is 1.87. The predicted molar refractivity (Wildman–Crippen MR) is 89.0 cm³/mol. The quantitative estimate of drug-likeness (QED) is 0.891. The summed E-state index contributed by atoms with van der Waals surface area (Å²) in [5.41, 5.74) is 2.45. The smallest absolute Gasteiger partial charge is 0.289 e. The van der Waals surface area contributed by atoms with Crippen molar-refractivity contribution in [2.45, 2.75) is 18.9 Å². The lowest BCUT2D eigenvalue weighted by Gasteiger charge is -2.18. The maximum Gasteiger partial charge on any atom is 0.289 e. The first-order valence-corrected chi connectivity index (χ1v) is 8.22. The number of benzene rings is 1. The van der Waals surface area contributed by atoms with E-state index in [2.05, 4.69) is 27.3 Å². The molecule has 6 heteroatoms.